The lowest BCUT2D eigenvalue weighted by atomic mass is 10.1. The second-order valence-corrected chi connectivity index (χ2v) is 8.72. The fraction of sp³-hybridized carbons (Fsp3) is 0.318. The molecule has 154 valence electrons. The normalized spacial score (nSPS) is 14.9. The Morgan fingerprint density at radius 1 is 1.14 bits per heavy atom. The van der Waals surface area contributed by atoms with Crippen LogP contribution in [0, 0.1) is 0 Å². The van der Waals surface area contributed by atoms with Gasteiger partial charge in [-0.3, -0.25) is 4.79 Å². The number of amides is 1. The molecule has 0 atom stereocenters. The van der Waals surface area contributed by atoms with Gasteiger partial charge in [0.2, 0.25) is 15.9 Å². The lowest BCUT2D eigenvalue weighted by molar-refractivity contribution is -0.116. The van der Waals surface area contributed by atoms with E-state index in [1.807, 2.05) is 24.3 Å². The Labute approximate surface area is 171 Å². The fourth-order valence-corrected chi connectivity index (χ4v) is 3.81. The molecule has 3 rings (SSSR count). The van der Waals surface area contributed by atoms with E-state index < -0.39 is 10.0 Å². The number of nitrogens with one attached hydrogen (secondary N) is 1. The zero-order valence-electron chi connectivity index (χ0n) is 16.2. The Balaban J connectivity index is 1.46. The van der Waals surface area contributed by atoms with Crippen LogP contribution in [-0.2, 0) is 21.2 Å². The number of primary sulfonamides is 1. The summed E-state index contributed by atoms with van der Waals surface area (Å²) in [4.78, 5) is 12.1. The monoisotopic (exact) mass is 414 g/mol. The van der Waals surface area contributed by atoms with Crippen molar-refractivity contribution in [2.24, 2.45) is 5.14 Å². The maximum Gasteiger partial charge on any atom is 0.244 e. The number of ether oxygens (including phenoxy) is 1. The van der Waals surface area contributed by atoms with Crippen molar-refractivity contribution in [1.29, 1.82) is 0 Å². The van der Waals surface area contributed by atoms with Crippen LogP contribution in [-0.4, -0.2) is 27.0 Å². The maximum atomic E-state index is 12.0. The van der Waals surface area contributed by atoms with E-state index in [2.05, 4.69) is 5.32 Å². The molecule has 0 bridgehead atoms. The maximum absolute atomic E-state index is 12.0. The summed E-state index contributed by atoms with van der Waals surface area (Å²) < 4.78 is 28.5. The SMILES string of the molecule is NS(=O)(=O)c1ccc(CCNC(=O)C=Cc2cccc(OC3CCCC3)c2)cc1. The number of hydrogen-bond donors (Lipinski definition) is 2. The second-order valence-electron chi connectivity index (χ2n) is 7.16. The molecule has 3 N–H and O–H groups in total. The number of hydrogen-bond acceptors (Lipinski definition) is 4. The largest absolute Gasteiger partial charge is 0.490 e. The average molecular weight is 415 g/mol. The Morgan fingerprint density at radius 2 is 1.86 bits per heavy atom. The van der Waals surface area contributed by atoms with Gasteiger partial charge in [0.1, 0.15) is 5.75 Å². The smallest absolute Gasteiger partial charge is 0.244 e. The first-order chi connectivity index (χ1) is 13.9. The fourth-order valence-electron chi connectivity index (χ4n) is 3.30. The Kier molecular flexibility index (Phi) is 7.06. The van der Waals surface area contributed by atoms with Gasteiger partial charge in [-0.1, -0.05) is 24.3 Å². The lowest BCUT2D eigenvalue weighted by Gasteiger charge is -2.13. The van der Waals surface area contributed by atoms with Crippen molar-refractivity contribution >= 4 is 22.0 Å². The van der Waals surface area contributed by atoms with E-state index in [1.54, 1.807) is 18.2 Å². The molecular weight excluding hydrogens is 388 g/mol. The van der Waals surface area contributed by atoms with Gasteiger partial charge in [-0.15, -0.1) is 0 Å². The summed E-state index contributed by atoms with van der Waals surface area (Å²) in [6.07, 6.45) is 8.81. The van der Waals surface area contributed by atoms with Crippen LogP contribution in [0.3, 0.4) is 0 Å². The summed E-state index contributed by atoms with van der Waals surface area (Å²) in [6.45, 7) is 0.447. The summed E-state index contributed by atoms with van der Waals surface area (Å²) in [5.41, 5.74) is 1.83. The van der Waals surface area contributed by atoms with Gasteiger partial charge in [-0.05, 0) is 73.6 Å². The molecule has 2 aromatic carbocycles. The molecule has 1 aliphatic carbocycles. The van der Waals surface area contributed by atoms with Gasteiger partial charge >= 0.3 is 0 Å². The molecule has 6 nitrogen and oxygen atoms in total. The minimum atomic E-state index is -3.69. The van der Waals surface area contributed by atoms with E-state index in [9.17, 15) is 13.2 Å². The first-order valence-electron chi connectivity index (χ1n) is 9.74. The predicted octanol–water partition coefficient (Wildman–Crippen LogP) is 3.03. The van der Waals surface area contributed by atoms with Gasteiger partial charge in [-0.25, -0.2) is 13.6 Å². The molecule has 0 spiro atoms. The van der Waals surface area contributed by atoms with Crippen LogP contribution in [0.4, 0.5) is 0 Å². The summed E-state index contributed by atoms with van der Waals surface area (Å²) >= 11 is 0. The number of rotatable bonds is 8. The summed E-state index contributed by atoms with van der Waals surface area (Å²) in [5, 5.41) is 7.90. The number of carbonyl (C=O) groups excluding carboxylic acids is 1. The molecule has 1 amide bonds. The van der Waals surface area contributed by atoms with Crippen LogP contribution < -0.4 is 15.2 Å². The Morgan fingerprint density at radius 3 is 2.55 bits per heavy atom. The quantitative estimate of drug-likeness (QED) is 0.649. The van der Waals surface area contributed by atoms with E-state index >= 15 is 0 Å². The highest BCUT2D eigenvalue weighted by Gasteiger charge is 2.16. The van der Waals surface area contributed by atoms with Gasteiger partial charge in [0.15, 0.2) is 0 Å². The van der Waals surface area contributed by atoms with Gasteiger partial charge < -0.3 is 10.1 Å². The van der Waals surface area contributed by atoms with Gasteiger partial charge in [0.25, 0.3) is 0 Å². The molecule has 0 heterocycles. The van der Waals surface area contributed by atoms with E-state index in [1.165, 1.54) is 31.1 Å². The van der Waals surface area contributed by atoms with Crippen LogP contribution in [0.15, 0.2) is 59.5 Å². The van der Waals surface area contributed by atoms with E-state index in [0.29, 0.717) is 19.1 Å². The Bertz CT molecular complexity index is 963. The van der Waals surface area contributed by atoms with Gasteiger partial charge in [0.05, 0.1) is 11.0 Å². The number of benzene rings is 2. The highest BCUT2D eigenvalue weighted by molar-refractivity contribution is 7.89. The molecule has 1 aliphatic rings. The van der Waals surface area contributed by atoms with E-state index in [-0.39, 0.29) is 10.8 Å². The third kappa shape index (κ3) is 6.73. The molecule has 2 aromatic rings. The Hall–Kier alpha value is -2.64. The number of carbonyl (C=O) groups is 1. The molecule has 0 unspecified atom stereocenters. The first-order valence-corrected chi connectivity index (χ1v) is 11.3. The molecule has 0 aromatic heterocycles. The number of sulfonamides is 1. The lowest BCUT2D eigenvalue weighted by Crippen LogP contribution is -2.23. The van der Waals surface area contributed by atoms with Crippen molar-refractivity contribution < 1.29 is 17.9 Å². The van der Waals surface area contributed by atoms with Crippen LogP contribution in [0.1, 0.15) is 36.8 Å². The third-order valence-electron chi connectivity index (χ3n) is 4.85. The van der Waals surface area contributed by atoms with Crippen molar-refractivity contribution in [2.75, 3.05) is 6.54 Å². The van der Waals surface area contributed by atoms with Gasteiger partial charge in [-0.2, -0.15) is 0 Å². The first kappa shape index (κ1) is 21.1. The minimum absolute atomic E-state index is 0.0763. The topological polar surface area (TPSA) is 98.5 Å². The standard InChI is InChI=1S/C22H26N2O4S/c23-29(26,27)21-11-8-17(9-12-21)14-15-24-22(25)13-10-18-4-3-7-20(16-18)28-19-5-1-2-6-19/h3-4,7-13,16,19H,1-2,5-6,14-15H2,(H,24,25)(H2,23,26,27). The zero-order chi connectivity index (χ0) is 20.7. The van der Waals surface area contributed by atoms with Crippen molar-refractivity contribution in [2.45, 2.75) is 43.1 Å². The molecule has 29 heavy (non-hydrogen) atoms. The predicted molar refractivity (Wildman–Crippen MR) is 113 cm³/mol. The highest BCUT2D eigenvalue weighted by Crippen LogP contribution is 2.24. The molecule has 0 saturated heterocycles. The van der Waals surface area contributed by atoms with Crippen molar-refractivity contribution in [1.82, 2.24) is 5.32 Å². The molecule has 0 radical (unpaired) electrons. The molecule has 0 aliphatic heterocycles. The minimum Gasteiger partial charge on any atom is -0.490 e. The molecule has 7 heteroatoms. The highest BCUT2D eigenvalue weighted by atomic mass is 32.2. The van der Waals surface area contributed by atoms with E-state index in [4.69, 9.17) is 9.88 Å². The summed E-state index contributed by atoms with van der Waals surface area (Å²) in [5.74, 6) is 0.649. The molecule has 1 saturated carbocycles. The van der Waals surface area contributed by atoms with E-state index in [0.717, 1.165) is 29.7 Å². The molecule has 1 fully saturated rings. The summed E-state index contributed by atoms with van der Waals surface area (Å²) in [7, 11) is -3.69. The average Bonchev–Trinajstić information content (AvgIpc) is 3.19. The van der Waals surface area contributed by atoms with Crippen LogP contribution in [0.5, 0.6) is 5.75 Å². The molecular formula is C22H26N2O4S. The summed E-state index contributed by atoms with van der Waals surface area (Å²) in [6, 6.07) is 14.0. The van der Waals surface area contributed by atoms with Crippen molar-refractivity contribution in [3.8, 4) is 5.75 Å². The zero-order valence-corrected chi connectivity index (χ0v) is 17.0. The van der Waals surface area contributed by atoms with Crippen molar-refractivity contribution in [3.63, 3.8) is 0 Å². The van der Waals surface area contributed by atoms with Gasteiger partial charge in [0, 0.05) is 12.6 Å². The van der Waals surface area contributed by atoms with Crippen LogP contribution in [0.2, 0.25) is 0 Å². The van der Waals surface area contributed by atoms with Crippen LogP contribution >= 0.6 is 0 Å². The van der Waals surface area contributed by atoms with Crippen LogP contribution in [0.25, 0.3) is 6.08 Å². The third-order valence-corrected chi connectivity index (χ3v) is 5.78. The second kappa shape index (κ2) is 9.71. The van der Waals surface area contributed by atoms with Crippen molar-refractivity contribution in [3.05, 3.63) is 65.7 Å². The number of nitrogens with two attached hydrogens (primary N) is 1.